The summed E-state index contributed by atoms with van der Waals surface area (Å²) in [6.45, 7) is 0.754. The molecular weight excluding hydrogens is 500 g/mol. The predicted octanol–water partition coefficient (Wildman–Crippen LogP) is 3.74. The Morgan fingerprint density at radius 2 is 1.74 bits per heavy atom. The van der Waals surface area contributed by atoms with Crippen molar-refractivity contribution in [3.63, 3.8) is 0 Å². The fraction of sp³-hybridized carbons (Fsp3) is 0.172. The third kappa shape index (κ3) is 5.11. The van der Waals surface area contributed by atoms with Crippen molar-refractivity contribution in [2.75, 3.05) is 13.7 Å². The minimum absolute atomic E-state index is 0.0893. The van der Waals surface area contributed by atoms with Crippen LogP contribution in [0.5, 0.6) is 5.75 Å². The lowest BCUT2D eigenvalue weighted by Gasteiger charge is -2.43. The van der Waals surface area contributed by atoms with Gasteiger partial charge in [-0.3, -0.25) is 4.79 Å². The minimum atomic E-state index is -4.00. The summed E-state index contributed by atoms with van der Waals surface area (Å²) in [5.74, 6) is 5.66. The van der Waals surface area contributed by atoms with E-state index in [0.29, 0.717) is 18.8 Å². The lowest BCUT2D eigenvalue weighted by Crippen LogP contribution is -2.64. The van der Waals surface area contributed by atoms with E-state index in [4.69, 9.17) is 10.6 Å². The molecule has 0 spiro atoms. The van der Waals surface area contributed by atoms with E-state index in [1.54, 1.807) is 36.3 Å². The molecule has 1 amide bonds. The van der Waals surface area contributed by atoms with E-state index < -0.39 is 16.1 Å². The lowest BCUT2D eigenvalue weighted by atomic mass is 10.0. The number of hydrogen-bond acceptors (Lipinski definition) is 6. The summed E-state index contributed by atoms with van der Waals surface area (Å²) < 4.78 is 34.6. The zero-order valence-electron chi connectivity index (χ0n) is 20.9. The zero-order valence-corrected chi connectivity index (χ0v) is 21.7. The quantitative estimate of drug-likeness (QED) is 0.154. The number of benzene rings is 4. The van der Waals surface area contributed by atoms with Gasteiger partial charge in [0.05, 0.1) is 18.2 Å². The first-order chi connectivity index (χ1) is 18.4. The number of rotatable bonds is 9. The Bertz CT molecular complexity index is 1610. The molecule has 0 saturated carbocycles. The average Bonchev–Trinajstić information content (AvgIpc) is 2.94. The highest BCUT2D eigenvalue weighted by Crippen LogP contribution is 2.30. The highest BCUT2D eigenvalue weighted by molar-refractivity contribution is 7.89. The summed E-state index contributed by atoms with van der Waals surface area (Å²) in [6.07, 6.45) is 1.54. The van der Waals surface area contributed by atoms with Crippen LogP contribution in [0.2, 0.25) is 0 Å². The van der Waals surface area contributed by atoms with Gasteiger partial charge in [-0.15, -0.1) is 0 Å². The first kappa shape index (κ1) is 25.4. The number of amides is 1. The summed E-state index contributed by atoms with van der Waals surface area (Å²) >= 11 is 0. The molecule has 0 aliphatic carbocycles. The summed E-state index contributed by atoms with van der Waals surface area (Å²) in [5, 5.41) is 5.19. The molecule has 4 aromatic carbocycles. The number of hydrazone groups is 1. The second-order valence-corrected chi connectivity index (χ2v) is 11.1. The summed E-state index contributed by atoms with van der Waals surface area (Å²) in [5.41, 5.74) is 2.55. The number of carbonyl (C=O) groups excluding carboxylic acids is 1. The molecule has 8 nitrogen and oxygen atoms in total. The molecular formula is C29H28N4O4S. The molecule has 5 rings (SSSR count). The molecule has 1 aliphatic heterocycles. The Morgan fingerprint density at radius 1 is 0.974 bits per heavy atom. The number of ether oxygens (including phenoxy) is 1. The topological polar surface area (TPSA) is 105 Å². The molecule has 4 aromatic rings. The van der Waals surface area contributed by atoms with E-state index in [2.05, 4.69) is 5.10 Å². The molecule has 0 radical (unpaired) electrons. The van der Waals surface area contributed by atoms with Crippen LogP contribution < -0.4 is 10.6 Å². The van der Waals surface area contributed by atoms with Crippen molar-refractivity contribution in [3.05, 3.63) is 108 Å². The Labute approximate surface area is 222 Å². The van der Waals surface area contributed by atoms with E-state index in [-0.39, 0.29) is 17.3 Å². The maximum atomic E-state index is 14.0. The van der Waals surface area contributed by atoms with Crippen LogP contribution in [0, 0.1) is 0 Å². The highest BCUT2D eigenvalue weighted by atomic mass is 32.2. The molecule has 2 N–H and O–H groups in total. The van der Waals surface area contributed by atoms with Crippen LogP contribution >= 0.6 is 0 Å². The van der Waals surface area contributed by atoms with Crippen molar-refractivity contribution in [3.8, 4) is 5.75 Å². The Hall–Kier alpha value is -4.21. The molecule has 1 aliphatic rings. The van der Waals surface area contributed by atoms with E-state index in [9.17, 15) is 13.2 Å². The van der Waals surface area contributed by atoms with Gasteiger partial charge in [0.25, 0.3) is 0 Å². The molecule has 9 heteroatoms. The van der Waals surface area contributed by atoms with E-state index in [1.165, 1.54) is 10.5 Å². The fourth-order valence-electron chi connectivity index (χ4n) is 4.66. The first-order valence-corrected chi connectivity index (χ1v) is 13.6. The third-order valence-electron chi connectivity index (χ3n) is 6.69. The van der Waals surface area contributed by atoms with Crippen LogP contribution in [0.1, 0.15) is 16.7 Å². The van der Waals surface area contributed by atoms with E-state index >= 15 is 0 Å². The molecule has 0 bridgehead atoms. The number of β-lactam (4-membered cyclic amide) rings is 1. The smallest absolute Gasteiger partial charge is 0.244 e. The maximum absolute atomic E-state index is 14.0. The van der Waals surface area contributed by atoms with Gasteiger partial charge in [-0.05, 0) is 57.8 Å². The van der Waals surface area contributed by atoms with Gasteiger partial charge in [0.2, 0.25) is 15.9 Å². The van der Waals surface area contributed by atoms with Gasteiger partial charge in [0.15, 0.2) is 0 Å². The van der Waals surface area contributed by atoms with Crippen LogP contribution in [0.15, 0.2) is 101 Å². The van der Waals surface area contributed by atoms with Gasteiger partial charge in [-0.2, -0.15) is 9.41 Å². The minimum Gasteiger partial charge on any atom is -0.497 e. The van der Waals surface area contributed by atoms with Crippen molar-refractivity contribution in [2.24, 2.45) is 10.9 Å². The molecule has 0 aromatic heterocycles. The second-order valence-electron chi connectivity index (χ2n) is 9.17. The Kier molecular flexibility index (Phi) is 7.13. The maximum Gasteiger partial charge on any atom is 0.244 e. The van der Waals surface area contributed by atoms with Crippen molar-refractivity contribution >= 4 is 32.9 Å². The molecule has 1 atom stereocenters. The SMILES string of the molecule is COc1ccc2ccc(S(=O)(=O)N(Cc3ccccc3)[C@H]3CN(Cc4cccc(C=NN)c4)C3=O)cc2c1. The van der Waals surface area contributed by atoms with Gasteiger partial charge in [0, 0.05) is 19.6 Å². The van der Waals surface area contributed by atoms with Crippen LogP contribution in [-0.2, 0) is 27.9 Å². The van der Waals surface area contributed by atoms with Crippen molar-refractivity contribution in [1.29, 1.82) is 0 Å². The normalized spacial score (nSPS) is 15.8. The van der Waals surface area contributed by atoms with Gasteiger partial charge in [-0.25, -0.2) is 8.42 Å². The number of likely N-dealkylation sites (tertiary alicyclic amines) is 1. The van der Waals surface area contributed by atoms with Gasteiger partial charge < -0.3 is 15.5 Å². The number of fused-ring (bicyclic) bond motifs is 1. The van der Waals surface area contributed by atoms with Crippen molar-refractivity contribution in [2.45, 2.75) is 24.0 Å². The van der Waals surface area contributed by atoms with Crippen molar-refractivity contribution in [1.82, 2.24) is 9.21 Å². The largest absolute Gasteiger partial charge is 0.497 e. The molecule has 1 saturated heterocycles. The zero-order chi connectivity index (χ0) is 26.7. The average molecular weight is 529 g/mol. The summed E-state index contributed by atoms with van der Waals surface area (Å²) in [6, 6.07) is 26.6. The van der Waals surface area contributed by atoms with Crippen LogP contribution in [0.3, 0.4) is 0 Å². The second kappa shape index (κ2) is 10.6. The Balaban J connectivity index is 1.44. The summed E-state index contributed by atoms with van der Waals surface area (Å²) in [4.78, 5) is 15.1. The monoisotopic (exact) mass is 528 g/mol. The molecule has 38 heavy (non-hydrogen) atoms. The van der Waals surface area contributed by atoms with Crippen LogP contribution in [0.4, 0.5) is 0 Å². The molecule has 1 heterocycles. The highest BCUT2D eigenvalue weighted by Gasteiger charge is 2.45. The van der Waals surface area contributed by atoms with Gasteiger partial charge in [0.1, 0.15) is 11.8 Å². The standard InChI is InChI=1S/C29H28N4O4S/c1-37-26-12-10-24-11-13-27(16-25(24)15-26)38(35,36)33(19-21-6-3-2-4-7-21)28-20-32(29(28)34)18-23-9-5-8-22(14-23)17-31-30/h2-17,28H,18-20,30H2,1H3/t28-/m0/s1. The summed E-state index contributed by atoms with van der Waals surface area (Å²) in [7, 11) is -2.43. The van der Waals surface area contributed by atoms with Gasteiger partial charge in [-0.1, -0.05) is 60.7 Å². The number of nitrogens with zero attached hydrogens (tertiary/aromatic N) is 3. The molecule has 0 unspecified atom stereocenters. The number of carbonyl (C=O) groups is 1. The Morgan fingerprint density at radius 3 is 2.47 bits per heavy atom. The van der Waals surface area contributed by atoms with Crippen LogP contribution in [0.25, 0.3) is 10.8 Å². The van der Waals surface area contributed by atoms with Crippen LogP contribution in [-0.4, -0.2) is 49.4 Å². The first-order valence-electron chi connectivity index (χ1n) is 12.1. The van der Waals surface area contributed by atoms with E-state index in [1.807, 2.05) is 66.7 Å². The number of hydrogen-bond donors (Lipinski definition) is 1. The van der Waals surface area contributed by atoms with Crippen molar-refractivity contribution < 1.29 is 17.9 Å². The molecule has 1 fully saturated rings. The van der Waals surface area contributed by atoms with E-state index in [0.717, 1.165) is 27.5 Å². The van der Waals surface area contributed by atoms with Gasteiger partial charge >= 0.3 is 0 Å². The third-order valence-corrected chi connectivity index (χ3v) is 8.54. The fourth-order valence-corrected chi connectivity index (χ4v) is 6.26. The number of sulfonamides is 1. The molecule has 194 valence electrons. The number of methoxy groups -OCH3 is 1. The lowest BCUT2D eigenvalue weighted by molar-refractivity contribution is -0.148. The predicted molar refractivity (Wildman–Crippen MR) is 147 cm³/mol. The number of nitrogens with two attached hydrogens (primary N) is 1.